The van der Waals surface area contributed by atoms with Crippen LogP contribution in [0.3, 0.4) is 0 Å². The van der Waals surface area contributed by atoms with Gasteiger partial charge >= 0.3 is 0 Å². The van der Waals surface area contributed by atoms with Crippen LogP contribution in [0.1, 0.15) is 10.4 Å². The van der Waals surface area contributed by atoms with Crippen LogP contribution in [0.4, 0.5) is 4.39 Å². The molecule has 0 aliphatic rings. The lowest BCUT2D eigenvalue weighted by Gasteiger charge is -2.15. The third-order valence-corrected chi connectivity index (χ3v) is 5.05. The lowest BCUT2D eigenvalue weighted by Crippen LogP contribution is -2.13. The Morgan fingerprint density at radius 2 is 1.46 bits per heavy atom. The molecule has 1 unspecified atom stereocenters. The van der Waals surface area contributed by atoms with Crippen molar-refractivity contribution in [3.8, 4) is 11.1 Å². The highest BCUT2D eigenvalue weighted by atomic mass is 32.2. The van der Waals surface area contributed by atoms with Crippen molar-refractivity contribution < 1.29 is 13.7 Å². The maximum atomic E-state index is 13.1. The van der Waals surface area contributed by atoms with Gasteiger partial charge in [0.25, 0.3) is 0 Å². The van der Waals surface area contributed by atoms with Crippen LogP contribution in [0.2, 0.25) is 0 Å². The maximum absolute atomic E-state index is 13.1. The number of carbonyl (C=O) groups is 1. The molecule has 0 bridgehead atoms. The molecular formula is C19H14FNO2S. The molecule has 3 aromatic carbocycles. The Labute approximate surface area is 142 Å². The molecule has 3 nitrogen and oxygen atoms in total. The monoisotopic (exact) mass is 339 g/mol. The molecule has 0 radical (unpaired) electrons. The number of halogens is 1. The third-order valence-electron chi connectivity index (χ3n) is 3.60. The van der Waals surface area contributed by atoms with E-state index in [2.05, 4.69) is 0 Å². The van der Waals surface area contributed by atoms with E-state index in [9.17, 15) is 13.7 Å². The molecule has 24 heavy (non-hydrogen) atoms. The molecule has 3 aromatic rings. The summed E-state index contributed by atoms with van der Waals surface area (Å²) in [6, 6.07) is 19.5. The number of nitrogens with two attached hydrogens (primary N) is 1. The van der Waals surface area contributed by atoms with Crippen molar-refractivity contribution in [3.05, 3.63) is 84.2 Å². The zero-order valence-electron chi connectivity index (χ0n) is 12.6. The number of primary amides is 1. The number of amides is 1. The molecule has 0 aliphatic heterocycles. The first-order valence-electron chi connectivity index (χ1n) is 7.23. The normalized spacial score (nSPS) is 11.9. The predicted molar refractivity (Wildman–Crippen MR) is 91.5 cm³/mol. The van der Waals surface area contributed by atoms with E-state index >= 15 is 0 Å². The van der Waals surface area contributed by atoms with E-state index < -0.39 is 17.1 Å². The molecule has 3 rings (SSSR count). The molecule has 2 N–H and O–H groups in total. The third kappa shape index (κ3) is 3.18. The summed E-state index contributed by atoms with van der Waals surface area (Å²) < 4.78 is 26.0. The van der Waals surface area contributed by atoms with Gasteiger partial charge in [-0.25, -0.2) is 4.39 Å². The smallest absolute Gasteiger partial charge is 0.249 e. The molecule has 0 saturated carbocycles. The van der Waals surface area contributed by atoms with Gasteiger partial charge in [0, 0.05) is 22.3 Å². The quantitative estimate of drug-likeness (QED) is 0.736. The molecule has 0 aromatic heterocycles. The molecular weight excluding hydrogens is 325 g/mol. The van der Waals surface area contributed by atoms with Gasteiger partial charge in [-0.2, -0.15) is 0 Å². The van der Waals surface area contributed by atoms with Gasteiger partial charge in [0.1, 0.15) is 5.82 Å². The zero-order valence-corrected chi connectivity index (χ0v) is 13.4. The summed E-state index contributed by atoms with van der Waals surface area (Å²) in [6.07, 6.45) is 0. The minimum atomic E-state index is -1.51. The predicted octanol–water partition coefficient (Wildman–Crippen LogP) is 3.76. The molecule has 5 heteroatoms. The average molecular weight is 339 g/mol. The second kappa shape index (κ2) is 6.86. The standard InChI is InChI=1S/C19H14FNO2S/c20-13-9-11-14(12-10-13)24(23)18-8-4-3-6-16(18)15-5-1-2-7-17(15)19(21)22/h1-12H,(H2,21,22). The fourth-order valence-corrected chi connectivity index (χ4v) is 3.69. The molecule has 1 amide bonds. The number of hydrogen-bond donors (Lipinski definition) is 1. The van der Waals surface area contributed by atoms with Gasteiger partial charge in [0.2, 0.25) is 5.91 Å². The summed E-state index contributed by atoms with van der Waals surface area (Å²) in [5, 5.41) is 0. The Hall–Kier alpha value is -2.63. The Kier molecular flexibility index (Phi) is 4.64. The number of hydrogen-bond acceptors (Lipinski definition) is 2. The van der Waals surface area contributed by atoms with Crippen molar-refractivity contribution in [2.75, 3.05) is 0 Å². The van der Waals surface area contributed by atoms with Crippen molar-refractivity contribution in [2.45, 2.75) is 9.79 Å². The Bertz CT molecular complexity index is 881. The summed E-state index contributed by atoms with van der Waals surface area (Å²) in [5.41, 5.74) is 7.09. The van der Waals surface area contributed by atoms with E-state index in [4.69, 9.17) is 5.73 Å². The van der Waals surface area contributed by atoms with Crippen molar-refractivity contribution in [1.29, 1.82) is 0 Å². The number of rotatable bonds is 4. The highest BCUT2D eigenvalue weighted by Crippen LogP contribution is 2.33. The SMILES string of the molecule is NC(=O)c1ccccc1-c1ccccc1[S+]([O-])c1ccc(F)cc1. The van der Waals surface area contributed by atoms with E-state index in [1.54, 1.807) is 48.5 Å². The van der Waals surface area contributed by atoms with Crippen LogP contribution >= 0.6 is 0 Å². The lowest BCUT2D eigenvalue weighted by molar-refractivity contribution is 0.100. The summed E-state index contributed by atoms with van der Waals surface area (Å²) in [6.45, 7) is 0. The van der Waals surface area contributed by atoms with Crippen LogP contribution in [-0.2, 0) is 11.2 Å². The topological polar surface area (TPSA) is 66.2 Å². The Morgan fingerprint density at radius 1 is 0.875 bits per heavy atom. The van der Waals surface area contributed by atoms with Gasteiger partial charge < -0.3 is 10.3 Å². The number of carbonyl (C=O) groups excluding carboxylic acids is 1. The second-order valence-electron chi connectivity index (χ2n) is 5.13. The largest absolute Gasteiger partial charge is 0.606 e. The van der Waals surface area contributed by atoms with Crippen LogP contribution in [0.5, 0.6) is 0 Å². The highest BCUT2D eigenvalue weighted by Gasteiger charge is 2.22. The van der Waals surface area contributed by atoms with Gasteiger partial charge in [-0.1, -0.05) is 30.3 Å². The average Bonchev–Trinajstić information content (AvgIpc) is 2.62. The number of benzene rings is 3. The van der Waals surface area contributed by atoms with Crippen LogP contribution in [-0.4, -0.2) is 10.5 Å². The van der Waals surface area contributed by atoms with Crippen LogP contribution in [0.15, 0.2) is 82.6 Å². The van der Waals surface area contributed by atoms with Gasteiger partial charge in [-0.05, 0) is 48.0 Å². The van der Waals surface area contributed by atoms with Gasteiger partial charge in [0.05, 0.1) is 0 Å². The summed E-state index contributed by atoms with van der Waals surface area (Å²) in [7, 11) is 0. The van der Waals surface area contributed by atoms with Crippen LogP contribution in [0.25, 0.3) is 11.1 Å². The summed E-state index contributed by atoms with van der Waals surface area (Å²) in [4.78, 5) is 12.7. The first-order valence-corrected chi connectivity index (χ1v) is 8.38. The first-order chi connectivity index (χ1) is 11.6. The van der Waals surface area contributed by atoms with Crippen LogP contribution < -0.4 is 5.73 Å². The zero-order chi connectivity index (χ0) is 17.1. The van der Waals surface area contributed by atoms with Crippen molar-refractivity contribution in [3.63, 3.8) is 0 Å². The van der Waals surface area contributed by atoms with E-state index in [0.717, 1.165) is 0 Å². The van der Waals surface area contributed by atoms with E-state index in [0.29, 0.717) is 26.5 Å². The van der Waals surface area contributed by atoms with E-state index in [1.165, 1.54) is 24.3 Å². The molecule has 0 fully saturated rings. The maximum Gasteiger partial charge on any atom is 0.249 e. The van der Waals surface area contributed by atoms with Crippen molar-refractivity contribution >= 4 is 17.1 Å². The molecule has 0 saturated heterocycles. The van der Waals surface area contributed by atoms with Gasteiger partial charge in [-0.15, -0.1) is 0 Å². The van der Waals surface area contributed by atoms with Gasteiger partial charge in [0.15, 0.2) is 9.79 Å². The molecule has 0 spiro atoms. The molecule has 1 atom stereocenters. The molecule has 0 heterocycles. The lowest BCUT2D eigenvalue weighted by atomic mass is 9.99. The molecule has 120 valence electrons. The van der Waals surface area contributed by atoms with Crippen molar-refractivity contribution in [1.82, 2.24) is 0 Å². The Balaban J connectivity index is 2.12. The van der Waals surface area contributed by atoms with E-state index in [-0.39, 0.29) is 5.82 Å². The minimum Gasteiger partial charge on any atom is -0.606 e. The minimum absolute atomic E-state index is 0.362. The first kappa shape index (κ1) is 16.2. The highest BCUT2D eigenvalue weighted by molar-refractivity contribution is 7.91. The fourth-order valence-electron chi connectivity index (χ4n) is 2.47. The van der Waals surface area contributed by atoms with Gasteiger partial charge in [-0.3, -0.25) is 4.79 Å². The van der Waals surface area contributed by atoms with Crippen LogP contribution in [0, 0.1) is 5.82 Å². The van der Waals surface area contributed by atoms with E-state index in [1.807, 2.05) is 0 Å². The second-order valence-corrected chi connectivity index (χ2v) is 6.58. The molecule has 0 aliphatic carbocycles. The van der Waals surface area contributed by atoms with Crippen molar-refractivity contribution in [2.24, 2.45) is 5.73 Å². The summed E-state index contributed by atoms with van der Waals surface area (Å²) >= 11 is -1.51. The fraction of sp³-hybridized carbons (Fsp3) is 0. The summed E-state index contributed by atoms with van der Waals surface area (Å²) in [5.74, 6) is -0.934. The Morgan fingerprint density at radius 3 is 2.12 bits per heavy atom.